The molecule has 2 heterocycles. The van der Waals surface area contributed by atoms with Gasteiger partial charge in [0, 0.05) is 44.2 Å². The summed E-state index contributed by atoms with van der Waals surface area (Å²) in [5.41, 5.74) is 1.25. The smallest absolute Gasteiger partial charge is 0.222 e. The van der Waals surface area contributed by atoms with Crippen LogP contribution in [0.25, 0.3) is 0 Å². The molecule has 2 fully saturated rings. The molecule has 1 aromatic rings. The van der Waals surface area contributed by atoms with Crippen LogP contribution in [0.5, 0.6) is 0 Å². The quantitative estimate of drug-likeness (QED) is 0.776. The molecule has 1 atom stereocenters. The van der Waals surface area contributed by atoms with Gasteiger partial charge in [-0.15, -0.1) is 0 Å². The number of carbonyl (C=O) groups excluding carboxylic acids is 1. The standard InChI is InChI=1S/C20H29ClN2O2/c21-19-8-6-17(7-9-19)3-1-5-20(24)23-10-2-4-18(16-23)15-22-11-13-25-14-12-22/h6-9,18H,1-5,10-16H2/t18-/m0/s1. The molecule has 1 aromatic carbocycles. The number of amides is 1. The lowest BCUT2D eigenvalue weighted by Gasteiger charge is -2.36. The molecule has 4 nitrogen and oxygen atoms in total. The van der Waals surface area contributed by atoms with Gasteiger partial charge in [0.15, 0.2) is 0 Å². The fraction of sp³-hybridized carbons (Fsp3) is 0.650. The van der Waals surface area contributed by atoms with Crippen LogP contribution >= 0.6 is 11.6 Å². The molecule has 0 saturated carbocycles. The van der Waals surface area contributed by atoms with E-state index >= 15 is 0 Å². The van der Waals surface area contributed by atoms with Crippen LogP contribution in [0.2, 0.25) is 5.02 Å². The Kier molecular flexibility index (Phi) is 7.14. The van der Waals surface area contributed by atoms with Crippen molar-refractivity contribution in [3.63, 3.8) is 0 Å². The van der Waals surface area contributed by atoms with Crippen LogP contribution in [0.3, 0.4) is 0 Å². The zero-order valence-electron chi connectivity index (χ0n) is 15.0. The maximum atomic E-state index is 12.6. The third kappa shape index (κ3) is 5.98. The van der Waals surface area contributed by atoms with Gasteiger partial charge in [-0.3, -0.25) is 9.69 Å². The first-order valence-corrected chi connectivity index (χ1v) is 9.91. The van der Waals surface area contributed by atoms with Gasteiger partial charge in [0.05, 0.1) is 13.2 Å². The van der Waals surface area contributed by atoms with E-state index in [1.807, 2.05) is 24.3 Å². The summed E-state index contributed by atoms with van der Waals surface area (Å²) in [7, 11) is 0. The van der Waals surface area contributed by atoms with Gasteiger partial charge in [0.2, 0.25) is 5.91 Å². The number of hydrogen-bond acceptors (Lipinski definition) is 3. The van der Waals surface area contributed by atoms with Crippen molar-refractivity contribution in [3.8, 4) is 0 Å². The van der Waals surface area contributed by atoms with Crippen molar-refractivity contribution in [2.24, 2.45) is 5.92 Å². The minimum absolute atomic E-state index is 0.320. The first kappa shape index (κ1) is 18.7. The molecule has 0 spiro atoms. The van der Waals surface area contributed by atoms with Gasteiger partial charge in [-0.25, -0.2) is 0 Å². The molecule has 0 radical (unpaired) electrons. The Bertz CT molecular complexity index is 543. The molecule has 0 N–H and O–H groups in total. The fourth-order valence-electron chi connectivity index (χ4n) is 3.84. The number of ether oxygens (including phenoxy) is 1. The lowest BCUT2D eigenvalue weighted by atomic mass is 9.96. The van der Waals surface area contributed by atoms with Gasteiger partial charge in [-0.05, 0) is 49.3 Å². The van der Waals surface area contributed by atoms with Gasteiger partial charge >= 0.3 is 0 Å². The van der Waals surface area contributed by atoms with E-state index < -0.39 is 0 Å². The summed E-state index contributed by atoms with van der Waals surface area (Å²) in [6.07, 6.45) is 4.87. The fourth-order valence-corrected chi connectivity index (χ4v) is 3.97. The third-order valence-electron chi connectivity index (χ3n) is 5.26. The highest BCUT2D eigenvalue weighted by Crippen LogP contribution is 2.20. The van der Waals surface area contributed by atoms with E-state index in [-0.39, 0.29) is 0 Å². The predicted molar refractivity (Wildman–Crippen MR) is 101 cm³/mol. The van der Waals surface area contributed by atoms with E-state index in [4.69, 9.17) is 16.3 Å². The predicted octanol–water partition coefficient (Wildman–Crippen LogP) is 3.23. The van der Waals surface area contributed by atoms with E-state index in [2.05, 4.69) is 9.80 Å². The number of aryl methyl sites for hydroxylation is 1. The first-order valence-electron chi connectivity index (χ1n) is 9.53. The molecule has 0 aliphatic carbocycles. The summed E-state index contributed by atoms with van der Waals surface area (Å²) < 4.78 is 5.42. The first-order chi connectivity index (χ1) is 12.2. The number of likely N-dealkylation sites (tertiary alicyclic amines) is 1. The van der Waals surface area contributed by atoms with E-state index in [0.717, 1.165) is 70.2 Å². The summed E-state index contributed by atoms with van der Waals surface area (Å²) in [4.78, 5) is 17.1. The van der Waals surface area contributed by atoms with Gasteiger partial charge < -0.3 is 9.64 Å². The van der Waals surface area contributed by atoms with Crippen LogP contribution in [0, 0.1) is 5.92 Å². The Morgan fingerprint density at radius 3 is 2.68 bits per heavy atom. The zero-order valence-corrected chi connectivity index (χ0v) is 15.7. The van der Waals surface area contributed by atoms with E-state index in [9.17, 15) is 4.79 Å². The SMILES string of the molecule is O=C(CCCc1ccc(Cl)cc1)N1CCC[C@@H](CN2CCOCC2)C1. The number of rotatable bonds is 6. The number of halogens is 1. The molecule has 3 rings (SSSR count). The Morgan fingerprint density at radius 1 is 1.16 bits per heavy atom. The number of carbonyl (C=O) groups is 1. The summed E-state index contributed by atoms with van der Waals surface area (Å²) >= 11 is 5.91. The molecule has 25 heavy (non-hydrogen) atoms. The van der Waals surface area contributed by atoms with E-state index in [1.54, 1.807) is 0 Å². The van der Waals surface area contributed by atoms with E-state index in [1.165, 1.54) is 12.0 Å². The molecule has 2 aliphatic rings. The molecule has 0 bridgehead atoms. The topological polar surface area (TPSA) is 32.8 Å². The maximum absolute atomic E-state index is 12.6. The van der Waals surface area contributed by atoms with Crippen molar-refractivity contribution in [1.29, 1.82) is 0 Å². The van der Waals surface area contributed by atoms with Crippen molar-refractivity contribution < 1.29 is 9.53 Å². The summed E-state index contributed by atoms with van der Waals surface area (Å²) in [5.74, 6) is 0.938. The van der Waals surface area contributed by atoms with Gasteiger partial charge in [-0.2, -0.15) is 0 Å². The van der Waals surface area contributed by atoms with Crippen LogP contribution in [-0.4, -0.2) is 61.6 Å². The summed E-state index contributed by atoms with van der Waals surface area (Å²) in [6, 6.07) is 7.93. The molecule has 138 valence electrons. The lowest BCUT2D eigenvalue weighted by molar-refractivity contribution is -0.133. The molecule has 2 saturated heterocycles. The summed E-state index contributed by atoms with van der Waals surface area (Å²) in [6.45, 7) is 6.73. The van der Waals surface area contributed by atoms with Gasteiger partial charge in [0.1, 0.15) is 0 Å². The highest BCUT2D eigenvalue weighted by Gasteiger charge is 2.25. The highest BCUT2D eigenvalue weighted by atomic mass is 35.5. The van der Waals surface area contributed by atoms with Crippen LogP contribution < -0.4 is 0 Å². The maximum Gasteiger partial charge on any atom is 0.222 e. The minimum atomic E-state index is 0.320. The molecule has 1 amide bonds. The third-order valence-corrected chi connectivity index (χ3v) is 5.51. The minimum Gasteiger partial charge on any atom is -0.379 e. The largest absolute Gasteiger partial charge is 0.379 e. The van der Waals surface area contributed by atoms with Crippen LogP contribution in [-0.2, 0) is 16.0 Å². The Labute approximate surface area is 156 Å². The molecular weight excluding hydrogens is 336 g/mol. The Balaban J connectivity index is 1.39. The van der Waals surface area contributed by atoms with Crippen molar-refractivity contribution in [2.45, 2.75) is 32.1 Å². The number of nitrogens with zero attached hydrogens (tertiary/aromatic N) is 2. The van der Waals surface area contributed by atoms with Crippen molar-refractivity contribution in [1.82, 2.24) is 9.80 Å². The second-order valence-corrected chi connectivity index (χ2v) is 7.68. The Morgan fingerprint density at radius 2 is 1.92 bits per heavy atom. The Hall–Kier alpha value is -1.10. The molecule has 2 aliphatic heterocycles. The molecule has 5 heteroatoms. The second-order valence-electron chi connectivity index (χ2n) is 7.24. The number of morpholine rings is 1. The van der Waals surface area contributed by atoms with Crippen molar-refractivity contribution >= 4 is 17.5 Å². The van der Waals surface area contributed by atoms with Crippen molar-refractivity contribution in [2.75, 3.05) is 45.9 Å². The summed E-state index contributed by atoms with van der Waals surface area (Å²) in [5, 5.41) is 0.763. The van der Waals surface area contributed by atoms with Gasteiger partial charge in [-0.1, -0.05) is 23.7 Å². The van der Waals surface area contributed by atoms with Gasteiger partial charge in [0.25, 0.3) is 0 Å². The van der Waals surface area contributed by atoms with Crippen molar-refractivity contribution in [3.05, 3.63) is 34.9 Å². The normalized spacial score (nSPS) is 22.1. The second kappa shape index (κ2) is 9.56. The number of hydrogen-bond donors (Lipinski definition) is 0. The van der Waals surface area contributed by atoms with E-state index in [0.29, 0.717) is 18.2 Å². The molecular formula is C20H29ClN2O2. The highest BCUT2D eigenvalue weighted by molar-refractivity contribution is 6.30. The zero-order chi connectivity index (χ0) is 17.5. The van der Waals surface area contributed by atoms with Crippen LogP contribution in [0.4, 0.5) is 0 Å². The molecule has 0 aromatic heterocycles. The van der Waals surface area contributed by atoms with Crippen LogP contribution in [0.1, 0.15) is 31.2 Å². The molecule has 0 unspecified atom stereocenters. The monoisotopic (exact) mass is 364 g/mol. The average Bonchev–Trinajstić information content (AvgIpc) is 2.64. The number of benzene rings is 1. The lowest BCUT2D eigenvalue weighted by Crippen LogP contribution is -2.46. The van der Waals surface area contributed by atoms with Crippen LogP contribution in [0.15, 0.2) is 24.3 Å². The number of piperidine rings is 1. The average molecular weight is 365 g/mol.